The third kappa shape index (κ3) is 4.11. The summed E-state index contributed by atoms with van der Waals surface area (Å²) in [6.07, 6.45) is 0. The first-order valence-corrected chi connectivity index (χ1v) is 8.20. The number of aromatic nitrogens is 1. The summed E-state index contributed by atoms with van der Waals surface area (Å²) >= 11 is 1.38. The van der Waals surface area contributed by atoms with Gasteiger partial charge in [0.25, 0.3) is 5.91 Å². The number of rotatable bonds is 6. The molecular formula is C18H16N2O3S. The average molecular weight is 340 g/mol. The van der Waals surface area contributed by atoms with Gasteiger partial charge in [0.2, 0.25) is 0 Å². The van der Waals surface area contributed by atoms with E-state index < -0.39 is 0 Å². The van der Waals surface area contributed by atoms with E-state index in [1.807, 2.05) is 35.7 Å². The molecule has 0 spiro atoms. The first-order valence-electron chi connectivity index (χ1n) is 7.32. The highest BCUT2D eigenvalue weighted by Crippen LogP contribution is 2.24. The van der Waals surface area contributed by atoms with E-state index in [0.29, 0.717) is 10.9 Å². The largest absolute Gasteiger partial charge is 0.497 e. The van der Waals surface area contributed by atoms with Gasteiger partial charge in [0, 0.05) is 10.9 Å². The number of ether oxygens (including phenoxy) is 2. The van der Waals surface area contributed by atoms with Gasteiger partial charge in [-0.05, 0) is 24.3 Å². The molecule has 3 aromatic rings. The minimum Gasteiger partial charge on any atom is -0.497 e. The fourth-order valence-electron chi connectivity index (χ4n) is 2.05. The second-order valence-corrected chi connectivity index (χ2v) is 5.77. The van der Waals surface area contributed by atoms with E-state index in [1.165, 1.54) is 11.3 Å². The Labute approximate surface area is 143 Å². The molecule has 1 amide bonds. The summed E-state index contributed by atoms with van der Waals surface area (Å²) in [6, 6.07) is 16.9. The zero-order valence-electron chi connectivity index (χ0n) is 13.1. The second kappa shape index (κ2) is 7.61. The van der Waals surface area contributed by atoms with Crippen molar-refractivity contribution in [1.82, 2.24) is 4.98 Å². The van der Waals surface area contributed by atoms with Crippen molar-refractivity contribution in [2.24, 2.45) is 0 Å². The maximum absolute atomic E-state index is 12.0. The van der Waals surface area contributed by atoms with Gasteiger partial charge in [-0.2, -0.15) is 0 Å². The van der Waals surface area contributed by atoms with Crippen LogP contribution >= 0.6 is 11.3 Å². The van der Waals surface area contributed by atoms with Crippen LogP contribution in [-0.4, -0.2) is 24.6 Å². The maximum atomic E-state index is 12.0. The number of carbonyl (C=O) groups is 1. The van der Waals surface area contributed by atoms with E-state index in [-0.39, 0.29) is 12.5 Å². The fourth-order valence-corrected chi connectivity index (χ4v) is 2.78. The van der Waals surface area contributed by atoms with Gasteiger partial charge >= 0.3 is 0 Å². The summed E-state index contributed by atoms with van der Waals surface area (Å²) in [5.74, 6) is 1.10. The van der Waals surface area contributed by atoms with Crippen molar-refractivity contribution >= 4 is 22.4 Å². The lowest BCUT2D eigenvalue weighted by molar-refractivity contribution is -0.118. The lowest BCUT2D eigenvalue weighted by Gasteiger charge is -2.06. The number of nitrogens with zero attached hydrogens (tertiary/aromatic N) is 1. The predicted molar refractivity (Wildman–Crippen MR) is 94.7 cm³/mol. The summed E-state index contributed by atoms with van der Waals surface area (Å²) < 4.78 is 10.5. The minimum atomic E-state index is -0.250. The van der Waals surface area contributed by atoms with Gasteiger partial charge in [-0.25, -0.2) is 4.98 Å². The molecule has 0 atom stereocenters. The van der Waals surface area contributed by atoms with Crippen molar-refractivity contribution in [1.29, 1.82) is 0 Å². The Balaban J connectivity index is 1.54. The van der Waals surface area contributed by atoms with Gasteiger partial charge in [0.1, 0.15) is 11.5 Å². The fraction of sp³-hybridized carbons (Fsp3) is 0.111. The van der Waals surface area contributed by atoms with E-state index in [1.54, 1.807) is 31.4 Å². The molecule has 0 aliphatic heterocycles. The number of methoxy groups -OCH3 is 1. The quantitative estimate of drug-likeness (QED) is 0.741. The minimum absolute atomic E-state index is 0.0768. The molecule has 3 rings (SSSR count). The van der Waals surface area contributed by atoms with E-state index >= 15 is 0 Å². The highest BCUT2D eigenvalue weighted by Gasteiger charge is 2.08. The van der Waals surface area contributed by atoms with Crippen LogP contribution < -0.4 is 14.8 Å². The Hall–Kier alpha value is -2.86. The summed E-state index contributed by atoms with van der Waals surface area (Å²) in [5.41, 5.74) is 1.86. The summed E-state index contributed by atoms with van der Waals surface area (Å²) in [4.78, 5) is 16.4. The summed E-state index contributed by atoms with van der Waals surface area (Å²) in [7, 11) is 1.60. The van der Waals surface area contributed by atoms with Crippen molar-refractivity contribution < 1.29 is 14.3 Å². The second-order valence-electron chi connectivity index (χ2n) is 4.92. The Bertz CT molecular complexity index is 801. The summed E-state index contributed by atoms with van der Waals surface area (Å²) in [5, 5.41) is 5.21. The molecule has 0 radical (unpaired) electrons. The number of anilines is 1. The standard InChI is InChI=1S/C18H16N2O3S/c1-22-14-7-9-15(10-8-14)23-11-17(21)20-18-19-16(12-24-18)13-5-3-2-4-6-13/h2-10,12H,11H2,1H3,(H,19,20,21). The zero-order valence-corrected chi connectivity index (χ0v) is 13.9. The van der Waals surface area contributed by atoms with Gasteiger partial charge in [0.15, 0.2) is 11.7 Å². The van der Waals surface area contributed by atoms with Gasteiger partial charge in [-0.15, -0.1) is 11.3 Å². The number of hydrogen-bond acceptors (Lipinski definition) is 5. The molecule has 0 aliphatic rings. The van der Waals surface area contributed by atoms with Crippen molar-refractivity contribution in [3.63, 3.8) is 0 Å². The number of nitrogens with one attached hydrogen (secondary N) is 1. The van der Waals surface area contributed by atoms with Gasteiger partial charge in [-0.3, -0.25) is 10.1 Å². The molecule has 122 valence electrons. The Morgan fingerprint density at radius 2 is 1.79 bits per heavy atom. The third-order valence-electron chi connectivity index (χ3n) is 3.25. The van der Waals surface area contributed by atoms with Crippen LogP contribution in [0.5, 0.6) is 11.5 Å². The Kier molecular flexibility index (Phi) is 5.08. The third-order valence-corrected chi connectivity index (χ3v) is 4.01. The lowest BCUT2D eigenvalue weighted by Crippen LogP contribution is -2.20. The molecule has 0 bridgehead atoms. The first kappa shape index (κ1) is 16.0. The van der Waals surface area contributed by atoms with Crippen LogP contribution in [-0.2, 0) is 4.79 Å². The van der Waals surface area contributed by atoms with E-state index in [9.17, 15) is 4.79 Å². The molecule has 5 nitrogen and oxygen atoms in total. The van der Waals surface area contributed by atoms with Crippen molar-refractivity contribution in [3.05, 3.63) is 60.0 Å². The smallest absolute Gasteiger partial charge is 0.264 e. The zero-order chi connectivity index (χ0) is 16.8. The van der Waals surface area contributed by atoms with Gasteiger partial charge in [-0.1, -0.05) is 30.3 Å². The Morgan fingerprint density at radius 3 is 2.50 bits per heavy atom. The molecule has 2 aromatic carbocycles. The topological polar surface area (TPSA) is 60.5 Å². The summed E-state index contributed by atoms with van der Waals surface area (Å²) in [6.45, 7) is -0.0768. The van der Waals surface area contributed by atoms with Crippen LogP contribution in [0.15, 0.2) is 60.0 Å². The van der Waals surface area contributed by atoms with Gasteiger partial charge < -0.3 is 9.47 Å². The first-order chi connectivity index (χ1) is 11.7. The molecule has 1 aromatic heterocycles. The number of benzene rings is 2. The highest BCUT2D eigenvalue weighted by molar-refractivity contribution is 7.14. The van der Waals surface area contributed by atoms with Crippen LogP contribution in [0.25, 0.3) is 11.3 Å². The molecule has 0 saturated heterocycles. The predicted octanol–water partition coefficient (Wildman–Crippen LogP) is 3.84. The molecule has 6 heteroatoms. The average Bonchev–Trinajstić information content (AvgIpc) is 3.09. The lowest BCUT2D eigenvalue weighted by atomic mass is 10.2. The molecule has 1 N–H and O–H groups in total. The molecule has 0 fully saturated rings. The maximum Gasteiger partial charge on any atom is 0.264 e. The van der Waals surface area contributed by atoms with E-state index in [4.69, 9.17) is 9.47 Å². The van der Waals surface area contributed by atoms with Crippen LogP contribution in [0.3, 0.4) is 0 Å². The SMILES string of the molecule is COc1ccc(OCC(=O)Nc2nc(-c3ccccc3)cs2)cc1. The molecular weight excluding hydrogens is 324 g/mol. The monoisotopic (exact) mass is 340 g/mol. The molecule has 24 heavy (non-hydrogen) atoms. The molecule has 0 aliphatic carbocycles. The van der Waals surface area contributed by atoms with Crippen LogP contribution in [0, 0.1) is 0 Å². The van der Waals surface area contributed by atoms with Crippen molar-refractivity contribution in [2.75, 3.05) is 19.0 Å². The Morgan fingerprint density at radius 1 is 1.08 bits per heavy atom. The molecule has 1 heterocycles. The van der Waals surface area contributed by atoms with Crippen molar-refractivity contribution in [2.45, 2.75) is 0 Å². The van der Waals surface area contributed by atoms with Crippen LogP contribution in [0.4, 0.5) is 5.13 Å². The van der Waals surface area contributed by atoms with Crippen LogP contribution in [0.2, 0.25) is 0 Å². The molecule has 0 unspecified atom stereocenters. The van der Waals surface area contributed by atoms with Gasteiger partial charge in [0.05, 0.1) is 12.8 Å². The number of thiazole rings is 1. The highest BCUT2D eigenvalue weighted by atomic mass is 32.1. The number of hydrogen-bond donors (Lipinski definition) is 1. The number of amides is 1. The van der Waals surface area contributed by atoms with Crippen LogP contribution in [0.1, 0.15) is 0 Å². The molecule has 0 saturated carbocycles. The van der Waals surface area contributed by atoms with E-state index in [0.717, 1.165) is 17.0 Å². The van der Waals surface area contributed by atoms with Crippen molar-refractivity contribution in [3.8, 4) is 22.8 Å². The van der Waals surface area contributed by atoms with E-state index in [2.05, 4.69) is 10.3 Å². The number of carbonyl (C=O) groups excluding carboxylic acids is 1. The normalized spacial score (nSPS) is 10.2.